The van der Waals surface area contributed by atoms with Gasteiger partial charge < -0.3 is 4.42 Å². The maximum atomic E-state index is 13.0. The van der Waals surface area contributed by atoms with Gasteiger partial charge in [0, 0.05) is 5.56 Å². The van der Waals surface area contributed by atoms with Crippen molar-refractivity contribution >= 4 is 11.1 Å². The van der Waals surface area contributed by atoms with E-state index in [4.69, 9.17) is 0 Å². The smallest absolute Gasteiger partial charge is 0.407 e. The summed E-state index contributed by atoms with van der Waals surface area (Å²) in [7, 11) is 0. The van der Waals surface area contributed by atoms with Gasteiger partial charge in [-0.2, -0.15) is 13.2 Å². The van der Waals surface area contributed by atoms with Crippen molar-refractivity contribution in [2.24, 2.45) is 0 Å². The van der Waals surface area contributed by atoms with Crippen LogP contribution in [0.1, 0.15) is 29.8 Å². The summed E-state index contributed by atoms with van der Waals surface area (Å²) >= 11 is 0. The molecule has 0 fully saturated rings. The molecule has 0 aliphatic carbocycles. The molecule has 0 spiro atoms. The molecule has 0 aliphatic rings. The molecule has 0 radical (unpaired) electrons. The molecular weight excluding hydrogens is 375 g/mol. The lowest BCUT2D eigenvalue weighted by Gasteiger charge is -2.11. The highest BCUT2D eigenvalue weighted by Crippen LogP contribution is 2.38. The minimum atomic E-state index is -4.83. The van der Waals surface area contributed by atoms with Crippen molar-refractivity contribution in [3.8, 4) is 11.3 Å². The maximum absolute atomic E-state index is 13.0. The molecule has 0 unspecified atom stereocenters. The third kappa shape index (κ3) is 3.02. The highest BCUT2D eigenvalue weighted by molar-refractivity contribution is 5.91. The topological polar surface area (TPSA) is 71.8 Å². The van der Waals surface area contributed by atoms with E-state index >= 15 is 0 Å². The fourth-order valence-electron chi connectivity index (χ4n) is 2.34. The van der Waals surface area contributed by atoms with Crippen molar-refractivity contribution in [1.82, 2.24) is 15.0 Å². The minimum absolute atomic E-state index is 0.290. The second-order valence-corrected chi connectivity index (χ2v) is 5.00. The summed E-state index contributed by atoms with van der Waals surface area (Å²) in [4.78, 5) is 19.8. The number of benzene rings is 1. The number of H-pyrrole nitrogens is 1. The third-order valence-corrected chi connectivity index (χ3v) is 3.40. The normalized spacial score (nSPS) is 12.5. The van der Waals surface area contributed by atoms with Crippen LogP contribution in [0.3, 0.4) is 0 Å². The van der Waals surface area contributed by atoms with E-state index < -0.39 is 58.5 Å². The zero-order chi connectivity index (χ0) is 19.2. The minimum Gasteiger partial charge on any atom is -0.407 e. The third-order valence-electron chi connectivity index (χ3n) is 3.40. The van der Waals surface area contributed by atoms with E-state index in [2.05, 4.69) is 14.4 Å². The first-order chi connectivity index (χ1) is 12.1. The molecule has 0 saturated carbocycles. The van der Waals surface area contributed by atoms with Crippen LogP contribution < -0.4 is 5.76 Å². The van der Waals surface area contributed by atoms with Gasteiger partial charge in [0.1, 0.15) is 16.9 Å². The number of alkyl halides is 7. The molecule has 138 valence electrons. The average Bonchev–Trinajstić information content (AvgIpc) is 2.93. The van der Waals surface area contributed by atoms with E-state index in [1.54, 1.807) is 0 Å². The van der Waals surface area contributed by atoms with Crippen LogP contribution in [0.5, 0.6) is 0 Å². The number of nitrogens with zero attached hydrogens (tertiary/aromatic N) is 2. The summed E-state index contributed by atoms with van der Waals surface area (Å²) in [5.74, 6) is -1.22. The Balaban J connectivity index is 2.27. The number of rotatable bonds is 3. The Kier molecular flexibility index (Phi) is 4.20. The summed E-state index contributed by atoms with van der Waals surface area (Å²) in [5.41, 5.74) is -5.87. The van der Waals surface area contributed by atoms with Crippen molar-refractivity contribution in [2.45, 2.75) is 19.0 Å². The van der Waals surface area contributed by atoms with Crippen molar-refractivity contribution in [2.75, 3.05) is 0 Å². The van der Waals surface area contributed by atoms with Gasteiger partial charge in [-0.25, -0.2) is 27.3 Å². The fraction of sp³-hybridized carbons (Fsp3) is 0.214. The average molecular weight is 381 g/mol. The van der Waals surface area contributed by atoms with Gasteiger partial charge in [0.05, 0.1) is 17.5 Å². The van der Waals surface area contributed by atoms with E-state index in [1.807, 2.05) is 4.98 Å². The number of halogens is 7. The van der Waals surface area contributed by atoms with Gasteiger partial charge in [-0.3, -0.25) is 9.97 Å². The Morgan fingerprint density at radius 3 is 2.27 bits per heavy atom. The van der Waals surface area contributed by atoms with E-state index in [0.29, 0.717) is 12.3 Å². The number of aromatic nitrogens is 3. The lowest BCUT2D eigenvalue weighted by Crippen LogP contribution is -2.07. The molecule has 0 aliphatic heterocycles. The first-order valence-corrected chi connectivity index (χ1v) is 6.76. The Labute approximate surface area is 138 Å². The van der Waals surface area contributed by atoms with Gasteiger partial charge in [-0.1, -0.05) is 0 Å². The molecule has 2 aromatic heterocycles. The molecule has 5 nitrogen and oxygen atoms in total. The lowest BCUT2D eigenvalue weighted by atomic mass is 10.1. The van der Waals surface area contributed by atoms with Crippen LogP contribution in [0.2, 0.25) is 0 Å². The molecule has 0 saturated heterocycles. The molecule has 0 atom stereocenters. The van der Waals surface area contributed by atoms with Gasteiger partial charge in [-0.05, 0) is 12.1 Å². The van der Waals surface area contributed by atoms with E-state index in [9.17, 15) is 35.5 Å². The lowest BCUT2D eigenvalue weighted by molar-refractivity contribution is -0.136. The fourth-order valence-corrected chi connectivity index (χ4v) is 2.34. The summed E-state index contributed by atoms with van der Waals surface area (Å²) in [6.45, 7) is 0. The number of nitrogens with one attached hydrogen (secondary N) is 1. The highest BCUT2D eigenvalue weighted by atomic mass is 19.4. The zero-order valence-electron chi connectivity index (χ0n) is 12.2. The standard InChI is InChI=1S/C14H6F7N3O2/c15-11(16)8-9(12(17)18)23-6(3-22-8)4-1-2-5(14(19,20)21)7-10(4)26-13(25)24-7/h1-3,11-12H,(H,24,25). The molecule has 26 heavy (non-hydrogen) atoms. The molecule has 0 bridgehead atoms. The van der Waals surface area contributed by atoms with Gasteiger partial charge in [0.2, 0.25) is 0 Å². The molecule has 3 rings (SSSR count). The molecular formula is C14H6F7N3O2. The summed E-state index contributed by atoms with van der Waals surface area (Å²) in [6, 6.07) is 1.40. The van der Waals surface area contributed by atoms with Crippen LogP contribution >= 0.6 is 0 Å². The monoisotopic (exact) mass is 381 g/mol. The predicted molar refractivity (Wildman–Crippen MR) is 72.8 cm³/mol. The highest BCUT2D eigenvalue weighted by Gasteiger charge is 2.35. The maximum Gasteiger partial charge on any atom is 0.418 e. The quantitative estimate of drug-likeness (QED) is 0.680. The van der Waals surface area contributed by atoms with Crippen LogP contribution in [0.25, 0.3) is 22.4 Å². The predicted octanol–water partition coefficient (Wildman–Crippen LogP) is 4.47. The van der Waals surface area contributed by atoms with Crippen LogP contribution in [0.15, 0.2) is 27.5 Å². The molecule has 1 N–H and O–H groups in total. The molecule has 1 aromatic carbocycles. The number of fused-ring (bicyclic) bond motifs is 1. The van der Waals surface area contributed by atoms with Crippen molar-refractivity contribution in [3.05, 3.63) is 45.8 Å². The second kappa shape index (κ2) is 6.11. The SMILES string of the molecule is O=c1[nH]c2c(C(F)(F)F)ccc(-c3cnc(C(F)F)c(C(F)F)n3)c2o1. The van der Waals surface area contributed by atoms with Crippen molar-refractivity contribution < 1.29 is 35.2 Å². The van der Waals surface area contributed by atoms with E-state index in [-0.39, 0.29) is 5.56 Å². The number of oxazole rings is 1. The van der Waals surface area contributed by atoms with Crippen molar-refractivity contribution in [3.63, 3.8) is 0 Å². The van der Waals surface area contributed by atoms with Gasteiger partial charge in [-0.15, -0.1) is 0 Å². The zero-order valence-corrected chi connectivity index (χ0v) is 12.2. The van der Waals surface area contributed by atoms with Gasteiger partial charge in [0.25, 0.3) is 12.9 Å². The Morgan fingerprint density at radius 2 is 1.69 bits per heavy atom. The second-order valence-electron chi connectivity index (χ2n) is 5.00. The molecule has 0 amide bonds. The van der Waals surface area contributed by atoms with Crippen LogP contribution in [-0.2, 0) is 6.18 Å². The number of hydrogen-bond acceptors (Lipinski definition) is 4. The molecule has 2 heterocycles. The Morgan fingerprint density at radius 1 is 1.04 bits per heavy atom. The largest absolute Gasteiger partial charge is 0.418 e. The number of aromatic amines is 1. The van der Waals surface area contributed by atoms with Crippen LogP contribution in [0.4, 0.5) is 30.7 Å². The van der Waals surface area contributed by atoms with Crippen molar-refractivity contribution in [1.29, 1.82) is 0 Å². The number of hydrogen-bond donors (Lipinski definition) is 1. The summed E-state index contributed by atoms with van der Waals surface area (Å²) in [5, 5.41) is 0. The summed E-state index contributed by atoms with van der Waals surface area (Å²) < 4.78 is 95.0. The van der Waals surface area contributed by atoms with E-state index in [1.165, 1.54) is 0 Å². The van der Waals surface area contributed by atoms with Gasteiger partial charge >= 0.3 is 11.9 Å². The van der Waals surface area contributed by atoms with Crippen LogP contribution in [0, 0.1) is 0 Å². The van der Waals surface area contributed by atoms with E-state index in [0.717, 1.165) is 6.07 Å². The first kappa shape index (κ1) is 17.9. The first-order valence-electron chi connectivity index (χ1n) is 6.76. The Bertz CT molecular complexity index is 1020. The molecule has 12 heteroatoms. The van der Waals surface area contributed by atoms with Gasteiger partial charge in [0.15, 0.2) is 5.58 Å². The Hall–Kier alpha value is -2.92. The van der Waals surface area contributed by atoms with Crippen LogP contribution in [-0.4, -0.2) is 15.0 Å². The molecule has 3 aromatic rings. The summed E-state index contributed by atoms with van der Waals surface area (Å²) in [6.07, 6.45) is -10.9.